The number of nitrogens with zero attached hydrogens (tertiary/aromatic N) is 2. The lowest BCUT2D eigenvalue weighted by Crippen LogP contribution is -2.40. The summed E-state index contributed by atoms with van der Waals surface area (Å²) in [6.07, 6.45) is 3.07. The molecule has 1 aliphatic rings. The molecule has 2 heterocycles. The van der Waals surface area contributed by atoms with E-state index in [-0.39, 0.29) is 12.1 Å². The van der Waals surface area contributed by atoms with Crippen LogP contribution in [-0.2, 0) is 4.74 Å². The Balaban J connectivity index is 2.32. The normalized spacial score (nSPS) is 20.7. The molecule has 2 unspecified atom stereocenters. The van der Waals surface area contributed by atoms with Crippen LogP contribution in [0.25, 0.3) is 0 Å². The number of methoxy groups -OCH3 is 1. The van der Waals surface area contributed by atoms with Gasteiger partial charge in [-0.3, -0.25) is 4.68 Å². The predicted molar refractivity (Wildman–Crippen MR) is 87.3 cm³/mol. The van der Waals surface area contributed by atoms with Crippen molar-refractivity contribution < 1.29 is 9.47 Å². The van der Waals surface area contributed by atoms with Gasteiger partial charge in [-0.1, -0.05) is 6.92 Å². The van der Waals surface area contributed by atoms with E-state index in [9.17, 15) is 0 Å². The molecule has 0 aliphatic carbocycles. The Labute approximate surface area is 131 Å². The van der Waals surface area contributed by atoms with Crippen molar-refractivity contribution in [3.8, 4) is 5.75 Å². The molecule has 6 heteroatoms. The second kappa shape index (κ2) is 8.06. The van der Waals surface area contributed by atoms with E-state index in [1.165, 1.54) is 0 Å². The Morgan fingerprint density at radius 2 is 2.38 bits per heavy atom. The molecule has 5 nitrogen and oxygen atoms in total. The molecular formula is C15H27N3O2S. The molecule has 0 amide bonds. The third kappa shape index (κ3) is 3.93. The highest BCUT2D eigenvalue weighted by molar-refractivity contribution is 7.99. The van der Waals surface area contributed by atoms with Crippen LogP contribution >= 0.6 is 11.8 Å². The third-order valence-electron chi connectivity index (χ3n) is 3.63. The first-order valence-corrected chi connectivity index (χ1v) is 8.88. The van der Waals surface area contributed by atoms with Gasteiger partial charge < -0.3 is 14.8 Å². The van der Waals surface area contributed by atoms with Crippen molar-refractivity contribution in [3.05, 3.63) is 11.9 Å². The first-order chi connectivity index (χ1) is 10.2. The molecule has 21 heavy (non-hydrogen) atoms. The maximum absolute atomic E-state index is 6.02. The summed E-state index contributed by atoms with van der Waals surface area (Å²) in [6, 6.07) is 0.420. The average molecular weight is 313 g/mol. The topological polar surface area (TPSA) is 48.3 Å². The molecule has 120 valence electrons. The zero-order chi connectivity index (χ0) is 15.2. The number of rotatable bonds is 7. The molecule has 0 aromatic carbocycles. The zero-order valence-electron chi connectivity index (χ0n) is 13.5. The van der Waals surface area contributed by atoms with Gasteiger partial charge in [0.2, 0.25) is 0 Å². The summed E-state index contributed by atoms with van der Waals surface area (Å²) >= 11 is 1.95. The highest BCUT2D eigenvalue weighted by atomic mass is 32.2. The van der Waals surface area contributed by atoms with Crippen LogP contribution in [0.5, 0.6) is 5.75 Å². The number of aromatic nitrogens is 2. The van der Waals surface area contributed by atoms with E-state index in [0.717, 1.165) is 42.5 Å². The Kier molecular flexibility index (Phi) is 6.39. The van der Waals surface area contributed by atoms with Crippen LogP contribution in [0.2, 0.25) is 0 Å². The Hall–Kier alpha value is -0.720. The highest BCUT2D eigenvalue weighted by Crippen LogP contribution is 2.33. The molecule has 0 bridgehead atoms. The molecule has 0 radical (unpaired) electrons. The maximum Gasteiger partial charge on any atom is 0.161 e. The van der Waals surface area contributed by atoms with E-state index >= 15 is 0 Å². The molecule has 1 aliphatic heterocycles. The number of thioether (sulfide) groups is 1. The van der Waals surface area contributed by atoms with Gasteiger partial charge in [0.25, 0.3) is 0 Å². The van der Waals surface area contributed by atoms with Crippen LogP contribution in [0.4, 0.5) is 0 Å². The zero-order valence-corrected chi connectivity index (χ0v) is 14.3. The molecule has 1 aromatic rings. The molecule has 1 N–H and O–H groups in total. The summed E-state index contributed by atoms with van der Waals surface area (Å²) in [6.45, 7) is 8.24. The van der Waals surface area contributed by atoms with Crippen LogP contribution in [0.1, 0.15) is 45.0 Å². The van der Waals surface area contributed by atoms with Gasteiger partial charge in [0.1, 0.15) is 5.69 Å². The Morgan fingerprint density at radius 1 is 1.57 bits per heavy atom. The van der Waals surface area contributed by atoms with Crippen LogP contribution < -0.4 is 10.1 Å². The largest absolute Gasteiger partial charge is 0.493 e. The summed E-state index contributed by atoms with van der Waals surface area (Å²) in [5.74, 6) is 2.93. The van der Waals surface area contributed by atoms with Crippen LogP contribution in [-0.4, -0.2) is 47.7 Å². The van der Waals surface area contributed by atoms with Crippen molar-refractivity contribution in [1.29, 1.82) is 0 Å². The van der Waals surface area contributed by atoms with Crippen molar-refractivity contribution >= 4 is 11.8 Å². The highest BCUT2D eigenvalue weighted by Gasteiger charge is 2.32. The van der Waals surface area contributed by atoms with Crippen LogP contribution in [0.15, 0.2) is 6.20 Å². The standard InChI is InChI=1S/C15H27N3O2S/c1-5-6-16-14(13-10-21-8-7-20-13)15-12(19-4)9-17-18(15)11(2)3/h9,11,13-14,16H,5-8,10H2,1-4H3. The van der Waals surface area contributed by atoms with Gasteiger partial charge in [0.05, 0.1) is 32.1 Å². The fourth-order valence-corrected chi connectivity index (χ4v) is 3.52. The second-order valence-corrected chi connectivity index (χ2v) is 6.70. The summed E-state index contributed by atoms with van der Waals surface area (Å²) in [5, 5.41) is 8.13. The van der Waals surface area contributed by atoms with Gasteiger partial charge in [-0.15, -0.1) is 0 Å². The van der Waals surface area contributed by atoms with E-state index < -0.39 is 0 Å². The van der Waals surface area contributed by atoms with Crippen LogP contribution in [0.3, 0.4) is 0 Å². The summed E-state index contributed by atoms with van der Waals surface area (Å²) in [4.78, 5) is 0. The van der Waals surface area contributed by atoms with Crippen molar-refractivity contribution in [2.75, 3.05) is 31.8 Å². The number of nitrogens with one attached hydrogen (secondary N) is 1. The first kappa shape index (κ1) is 16.6. The fraction of sp³-hybridized carbons (Fsp3) is 0.800. The summed E-state index contributed by atoms with van der Waals surface area (Å²) in [7, 11) is 1.71. The molecule has 1 aromatic heterocycles. The van der Waals surface area contributed by atoms with E-state index in [0.29, 0.717) is 6.04 Å². The van der Waals surface area contributed by atoms with Gasteiger partial charge in [-0.25, -0.2) is 0 Å². The van der Waals surface area contributed by atoms with Gasteiger partial charge in [0.15, 0.2) is 5.75 Å². The van der Waals surface area contributed by atoms with E-state index in [2.05, 4.69) is 35.9 Å². The molecule has 1 fully saturated rings. The molecule has 1 saturated heterocycles. The van der Waals surface area contributed by atoms with Gasteiger partial charge in [-0.05, 0) is 26.8 Å². The third-order valence-corrected chi connectivity index (χ3v) is 4.65. The predicted octanol–water partition coefficient (Wildman–Crippen LogP) is 2.65. The van der Waals surface area contributed by atoms with Crippen LogP contribution in [0, 0.1) is 0 Å². The van der Waals surface area contributed by atoms with Crippen molar-refractivity contribution in [1.82, 2.24) is 15.1 Å². The van der Waals surface area contributed by atoms with E-state index in [1.54, 1.807) is 7.11 Å². The first-order valence-electron chi connectivity index (χ1n) is 7.73. The van der Waals surface area contributed by atoms with Gasteiger partial charge in [-0.2, -0.15) is 16.9 Å². The molecular weight excluding hydrogens is 286 g/mol. The lowest BCUT2D eigenvalue weighted by atomic mass is 10.1. The maximum atomic E-state index is 6.02. The Bertz CT molecular complexity index is 431. The number of ether oxygens (including phenoxy) is 2. The van der Waals surface area contributed by atoms with E-state index in [1.807, 2.05) is 18.0 Å². The molecule has 2 atom stereocenters. The quantitative estimate of drug-likeness (QED) is 0.838. The second-order valence-electron chi connectivity index (χ2n) is 5.55. The SMILES string of the molecule is CCCNC(c1c(OC)cnn1C(C)C)C1CSCCO1. The van der Waals surface area contributed by atoms with E-state index in [4.69, 9.17) is 9.47 Å². The van der Waals surface area contributed by atoms with Gasteiger partial charge >= 0.3 is 0 Å². The van der Waals surface area contributed by atoms with Crippen molar-refractivity contribution in [2.24, 2.45) is 0 Å². The number of hydrogen-bond donors (Lipinski definition) is 1. The number of hydrogen-bond acceptors (Lipinski definition) is 5. The summed E-state index contributed by atoms with van der Waals surface area (Å²) in [5.41, 5.74) is 1.11. The lowest BCUT2D eigenvalue weighted by Gasteiger charge is -2.32. The minimum Gasteiger partial charge on any atom is -0.493 e. The van der Waals surface area contributed by atoms with Crippen molar-refractivity contribution in [3.63, 3.8) is 0 Å². The lowest BCUT2D eigenvalue weighted by molar-refractivity contribution is 0.0434. The Morgan fingerprint density at radius 3 is 2.95 bits per heavy atom. The fourth-order valence-electron chi connectivity index (χ4n) is 2.62. The van der Waals surface area contributed by atoms with Gasteiger partial charge in [0, 0.05) is 17.5 Å². The molecule has 0 spiro atoms. The monoisotopic (exact) mass is 313 g/mol. The van der Waals surface area contributed by atoms with Crippen molar-refractivity contribution in [2.45, 2.75) is 45.4 Å². The summed E-state index contributed by atoms with van der Waals surface area (Å²) < 4.78 is 13.6. The minimum absolute atomic E-state index is 0.123. The smallest absolute Gasteiger partial charge is 0.161 e. The average Bonchev–Trinajstić information content (AvgIpc) is 2.93. The molecule has 2 rings (SSSR count). The minimum atomic E-state index is 0.123. The molecule has 0 saturated carbocycles.